The van der Waals surface area contributed by atoms with Gasteiger partial charge in [-0.2, -0.15) is 5.10 Å². The van der Waals surface area contributed by atoms with Crippen LogP contribution in [0, 0.1) is 5.92 Å². The van der Waals surface area contributed by atoms with Gasteiger partial charge in [0.1, 0.15) is 11.4 Å². The van der Waals surface area contributed by atoms with Crippen molar-refractivity contribution in [2.24, 2.45) is 18.7 Å². The van der Waals surface area contributed by atoms with Crippen molar-refractivity contribution in [3.8, 4) is 0 Å². The maximum absolute atomic E-state index is 12.1. The van der Waals surface area contributed by atoms with Gasteiger partial charge in [-0.05, 0) is 6.42 Å². The topological polar surface area (TPSA) is 107 Å². The number of aromatic nitrogens is 2. The molecule has 1 saturated heterocycles. The summed E-state index contributed by atoms with van der Waals surface area (Å²) in [5.74, 6) is -0.479. The van der Waals surface area contributed by atoms with Crippen LogP contribution < -0.4 is 11.5 Å². The highest BCUT2D eigenvalue weighted by molar-refractivity contribution is 5.98. The summed E-state index contributed by atoms with van der Waals surface area (Å²) in [7, 11) is 1.67. The maximum atomic E-state index is 12.1. The highest BCUT2D eigenvalue weighted by Crippen LogP contribution is 2.20. The van der Waals surface area contributed by atoms with Gasteiger partial charge in [-0.25, -0.2) is 0 Å². The van der Waals surface area contributed by atoms with E-state index in [9.17, 15) is 9.59 Å². The van der Waals surface area contributed by atoms with E-state index in [2.05, 4.69) is 5.10 Å². The van der Waals surface area contributed by atoms with Crippen molar-refractivity contribution in [1.82, 2.24) is 14.7 Å². The van der Waals surface area contributed by atoms with Gasteiger partial charge in [0.2, 0.25) is 5.91 Å². The number of likely N-dealkylation sites (tertiary alicyclic amines) is 1. The van der Waals surface area contributed by atoms with Gasteiger partial charge >= 0.3 is 0 Å². The molecule has 7 nitrogen and oxygen atoms in total. The Labute approximate surface area is 98.4 Å². The minimum absolute atomic E-state index is 0.195. The van der Waals surface area contributed by atoms with Crippen LogP contribution in [-0.2, 0) is 11.8 Å². The lowest BCUT2D eigenvalue weighted by atomic mass is 10.1. The number of primary amides is 1. The van der Waals surface area contributed by atoms with E-state index in [1.807, 2.05) is 0 Å². The van der Waals surface area contributed by atoms with Crippen molar-refractivity contribution >= 4 is 17.6 Å². The quantitative estimate of drug-likeness (QED) is 0.684. The molecule has 0 bridgehead atoms. The van der Waals surface area contributed by atoms with Crippen molar-refractivity contribution in [2.75, 3.05) is 18.8 Å². The van der Waals surface area contributed by atoms with Crippen molar-refractivity contribution in [3.63, 3.8) is 0 Å². The Morgan fingerprint density at radius 3 is 2.71 bits per heavy atom. The molecule has 1 unspecified atom stereocenters. The Hall–Kier alpha value is -2.05. The van der Waals surface area contributed by atoms with Crippen LogP contribution in [0.1, 0.15) is 16.8 Å². The summed E-state index contributed by atoms with van der Waals surface area (Å²) in [5.41, 5.74) is 11.3. The SMILES string of the molecule is Cn1ncc(C(=O)N2CCC(C(N)=O)C2)c1N. The monoisotopic (exact) mass is 237 g/mol. The number of aryl methyl sites for hydroxylation is 1. The fraction of sp³-hybridized carbons (Fsp3) is 0.500. The van der Waals surface area contributed by atoms with Crippen LogP contribution in [-0.4, -0.2) is 39.6 Å². The number of hydrogen-bond donors (Lipinski definition) is 2. The van der Waals surface area contributed by atoms with E-state index >= 15 is 0 Å². The summed E-state index contributed by atoms with van der Waals surface area (Å²) in [5, 5.41) is 3.92. The Bertz CT molecular complexity index is 467. The molecule has 0 aliphatic carbocycles. The zero-order chi connectivity index (χ0) is 12.6. The second-order valence-electron chi connectivity index (χ2n) is 4.21. The lowest BCUT2D eigenvalue weighted by molar-refractivity contribution is -0.121. The van der Waals surface area contributed by atoms with Crippen LogP contribution >= 0.6 is 0 Å². The van der Waals surface area contributed by atoms with Crippen LogP contribution in [0.5, 0.6) is 0 Å². The standard InChI is InChI=1S/C10H15N5O2/c1-14-8(11)7(4-13-14)10(17)15-3-2-6(5-15)9(12)16/h4,6H,2-3,5,11H2,1H3,(H2,12,16). The molecule has 0 saturated carbocycles. The molecule has 92 valence electrons. The molecule has 7 heteroatoms. The maximum Gasteiger partial charge on any atom is 0.259 e. The first kappa shape index (κ1) is 11.4. The fourth-order valence-electron chi connectivity index (χ4n) is 1.96. The lowest BCUT2D eigenvalue weighted by Gasteiger charge is -2.15. The van der Waals surface area contributed by atoms with Crippen LogP contribution in [0.25, 0.3) is 0 Å². The van der Waals surface area contributed by atoms with E-state index in [1.165, 1.54) is 10.9 Å². The van der Waals surface area contributed by atoms with E-state index in [4.69, 9.17) is 11.5 Å². The third kappa shape index (κ3) is 1.95. The molecule has 1 aromatic heterocycles. The van der Waals surface area contributed by atoms with Crippen LogP contribution in [0.15, 0.2) is 6.20 Å². The molecule has 1 atom stereocenters. The predicted molar refractivity (Wildman–Crippen MR) is 60.8 cm³/mol. The molecular weight excluding hydrogens is 222 g/mol. The summed E-state index contributed by atoms with van der Waals surface area (Å²) < 4.78 is 1.44. The molecule has 0 spiro atoms. The first-order valence-electron chi connectivity index (χ1n) is 5.36. The summed E-state index contributed by atoms with van der Waals surface area (Å²) in [4.78, 5) is 24.7. The minimum Gasteiger partial charge on any atom is -0.383 e. The number of carbonyl (C=O) groups is 2. The first-order valence-corrected chi connectivity index (χ1v) is 5.36. The molecule has 2 amide bonds. The van der Waals surface area contributed by atoms with Gasteiger partial charge in [0.25, 0.3) is 5.91 Å². The van der Waals surface area contributed by atoms with Gasteiger partial charge in [-0.1, -0.05) is 0 Å². The molecule has 2 heterocycles. The van der Waals surface area contributed by atoms with Crippen molar-refractivity contribution in [3.05, 3.63) is 11.8 Å². The van der Waals surface area contributed by atoms with Gasteiger partial charge in [-0.3, -0.25) is 14.3 Å². The van der Waals surface area contributed by atoms with Gasteiger partial charge in [0.05, 0.1) is 12.1 Å². The molecule has 0 aromatic carbocycles. The third-order valence-corrected chi connectivity index (χ3v) is 3.09. The predicted octanol–water partition coefficient (Wildman–Crippen LogP) is -1.05. The summed E-state index contributed by atoms with van der Waals surface area (Å²) >= 11 is 0. The van der Waals surface area contributed by atoms with Gasteiger partial charge in [-0.15, -0.1) is 0 Å². The lowest BCUT2D eigenvalue weighted by Crippen LogP contribution is -2.32. The summed E-state index contributed by atoms with van der Waals surface area (Å²) in [6.07, 6.45) is 2.05. The van der Waals surface area contributed by atoms with Crippen LogP contribution in [0.3, 0.4) is 0 Å². The van der Waals surface area contributed by atoms with E-state index in [0.717, 1.165) is 0 Å². The molecule has 1 aromatic rings. The van der Waals surface area contributed by atoms with Crippen molar-refractivity contribution in [2.45, 2.75) is 6.42 Å². The number of rotatable bonds is 2. The zero-order valence-electron chi connectivity index (χ0n) is 9.59. The van der Waals surface area contributed by atoms with Crippen molar-refractivity contribution < 1.29 is 9.59 Å². The molecule has 1 fully saturated rings. The molecule has 1 aliphatic rings. The molecular formula is C10H15N5O2. The molecule has 4 N–H and O–H groups in total. The smallest absolute Gasteiger partial charge is 0.259 e. The average Bonchev–Trinajstić information content (AvgIpc) is 2.87. The Balaban J connectivity index is 2.12. The summed E-state index contributed by atoms with van der Waals surface area (Å²) in [6.45, 7) is 0.892. The Morgan fingerprint density at radius 1 is 1.53 bits per heavy atom. The highest BCUT2D eigenvalue weighted by Gasteiger charge is 2.31. The Kier molecular flexibility index (Phi) is 2.74. The Morgan fingerprint density at radius 2 is 2.24 bits per heavy atom. The van der Waals surface area contributed by atoms with E-state index in [1.54, 1.807) is 11.9 Å². The normalized spacial score (nSPS) is 19.6. The summed E-state index contributed by atoms with van der Waals surface area (Å²) in [6, 6.07) is 0. The second kappa shape index (κ2) is 4.08. The number of nitrogen functional groups attached to an aromatic ring is 1. The minimum atomic E-state index is -0.362. The number of nitrogens with two attached hydrogens (primary N) is 2. The van der Waals surface area contributed by atoms with E-state index in [-0.39, 0.29) is 17.7 Å². The molecule has 17 heavy (non-hydrogen) atoms. The van der Waals surface area contributed by atoms with E-state index < -0.39 is 0 Å². The van der Waals surface area contributed by atoms with Crippen LogP contribution in [0.4, 0.5) is 5.82 Å². The molecule has 1 aliphatic heterocycles. The van der Waals surface area contributed by atoms with Crippen LogP contribution in [0.2, 0.25) is 0 Å². The van der Waals surface area contributed by atoms with E-state index in [0.29, 0.717) is 30.9 Å². The number of amides is 2. The van der Waals surface area contributed by atoms with Gasteiger partial charge < -0.3 is 16.4 Å². The third-order valence-electron chi connectivity index (χ3n) is 3.09. The fourth-order valence-corrected chi connectivity index (χ4v) is 1.96. The van der Waals surface area contributed by atoms with Gasteiger partial charge in [0, 0.05) is 20.1 Å². The molecule has 2 rings (SSSR count). The average molecular weight is 237 g/mol. The molecule has 0 radical (unpaired) electrons. The second-order valence-corrected chi connectivity index (χ2v) is 4.21. The number of anilines is 1. The largest absolute Gasteiger partial charge is 0.383 e. The van der Waals surface area contributed by atoms with Gasteiger partial charge in [0.15, 0.2) is 0 Å². The highest BCUT2D eigenvalue weighted by atomic mass is 16.2. The number of hydrogen-bond acceptors (Lipinski definition) is 4. The first-order chi connectivity index (χ1) is 8.00. The number of nitrogens with zero attached hydrogens (tertiary/aromatic N) is 3. The zero-order valence-corrected chi connectivity index (χ0v) is 9.59. The van der Waals surface area contributed by atoms with Crippen molar-refractivity contribution in [1.29, 1.82) is 0 Å². The number of carbonyl (C=O) groups excluding carboxylic acids is 2.